The van der Waals surface area contributed by atoms with E-state index in [4.69, 9.17) is 9.47 Å². The van der Waals surface area contributed by atoms with E-state index in [1.54, 1.807) is 13.0 Å². The molecule has 0 amide bonds. The number of hydrogen-bond acceptors (Lipinski definition) is 2. The predicted octanol–water partition coefficient (Wildman–Crippen LogP) is 8.16. The van der Waals surface area contributed by atoms with Crippen molar-refractivity contribution in [3.05, 3.63) is 70.8 Å². The van der Waals surface area contributed by atoms with Gasteiger partial charge in [0.2, 0.25) is 5.82 Å². The first-order chi connectivity index (χ1) is 17.4. The molecule has 2 aromatic rings. The highest BCUT2D eigenvalue weighted by Gasteiger charge is 2.33. The monoisotopic (exact) mass is 500 g/mol. The van der Waals surface area contributed by atoms with Crippen LogP contribution in [0.4, 0.5) is 17.6 Å². The van der Waals surface area contributed by atoms with Gasteiger partial charge in [0.15, 0.2) is 23.2 Å². The minimum Gasteiger partial charge on any atom is -0.491 e. The normalized spacial score (nSPS) is 23.1. The summed E-state index contributed by atoms with van der Waals surface area (Å²) in [6.07, 6.45) is 11.8. The van der Waals surface area contributed by atoms with Gasteiger partial charge >= 0.3 is 0 Å². The van der Waals surface area contributed by atoms with Gasteiger partial charge in [0.25, 0.3) is 0 Å². The lowest BCUT2D eigenvalue weighted by Crippen LogP contribution is -2.21. The van der Waals surface area contributed by atoms with Gasteiger partial charge in [-0.05, 0) is 99.0 Å². The lowest BCUT2D eigenvalue weighted by atomic mass is 9.79. The van der Waals surface area contributed by atoms with Crippen LogP contribution in [-0.4, -0.2) is 19.3 Å². The van der Waals surface area contributed by atoms with E-state index in [0.717, 1.165) is 12.8 Å². The Balaban J connectivity index is 1.31. The fourth-order valence-electron chi connectivity index (χ4n) is 5.98. The van der Waals surface area contributed by atoms with Crippen molar-refractivity contribution in [3.63, 3.8) is 0 Å². The van der Waals surface area contributed by atoms with Gasteiger partial charge < -0.3 is 9.47 Å². The van der Waals surface area contributed by atoms with Gasteiger partial charge in [-0.1, -0.05) is 12.2 Å². The van der Waals surface area contributed by atoms with E-state index in [1.807, 2.05) is 6.08 Å². The molecule has 0 radical (unpaired) electrons. The molecule has 5 rings (SSSR count). The van der Waals surface area contributed by atoms with Crippen LogP contribution in [0.3, 0.4) is 0 Å². The average Bonchev–Trinajstić information content (AvgIpc) is 3.27. The second-order valence-corrected chi connectivity index (χ2v) is 10.2. The summed E-state index contributed by atoms with van der Waals surface area (Å²) in [7, 11) is 0. The minimum atomic E-state index is -1.21. The summed E-state index contributed by atoms with van der Waals surface area (Å²) in [4.78, 5) is 0. The molecule has 192 valence electrons. The number of rotatable bonds is 7. The standard InChI is InChI=1S/C30H32F4O2/c1-3-17-5-7-18(8-6-17)9-11-22-12-10-19(16-36-22)23-14-20-13-21-15-24(35-4-2)28(32)30(34)26(21)25(20)29(33)27(23)31/h3,10,14-15,17-18,22H,1,4-9,11-13,16H2,2H3. The van der Waals surface area contributed by atoms with Crippen molar-refractivity contribution in [3.8, 4) is 16.9 Å². The second-order valence-electron chi connectivity index (χ2n) is 10.2. The molecule has 0 bridgehead atoms. The molecule has 2 nitrogen and oxygen atoms in total. The van der Waals surface area contributed by atoms with E-state index in [-0.39, 0.29) is 48.2 Å². The molecule has 1 fully saturated rings. The summed E-state index contributed by atoms with van der Waals surface area (Å²) in [5.41, 5.74) is 1.13. The number of benzene rings is 2. The summed E-state index contributed by atoms with van der Waals surface area (Å²) >= 11 is 0. The molecule has 1 aliphatic heterocycles. The predicted molar refractivity (Wildman–Crippen MR) is 133 cm³/mol. The van der Waals surface area contributed by atoms with Gasteiger partial charge in [-0.2, -0.15) is 4.39 Å². The van der Waals surface area contributed by atoms with E-state index in [0.29, 0.717) is 35.0 Å². The highest BCUT2D eigenvalue weighted by atomic mass is 19.2. The summed E-state index contributed by atoms with van der Waals surface area (Å²) in [6, 6.07) is 2.94. The zero-order valence-electron chi connectivity index (χ0n) is 20.6. The molecular formula is C30H32F4O2. The number of ether oxygens (including phenoxy) is 2. The summed E-state index contributed by atoms with van der Waals surface area (Å²) in [5.74, 6) is -3.45. The molecule has 36 heavy (non-hydrogen) atoms. The third kappa shape index (κ3) is 4.60. The Morgan fingerprint density at radius 1 is 0.944 bits per heavy atom. The van der Waals surface area contributed by atoms with Gasteiger partial charge in [-0.3, -0.25) is 0 Å². The molecule has 0 spiro atoms. The van der Waals surface area contributed by atoms with Crippen LogP contribution in [0.15, 0.2) is 30.9 Å². The molecule has 0 N–H and O–H groups in total. The molecule has 1 unspecified atom stereocenters. The number of hydrogen-bond donors (Lipinski definition) is 0. The molecule has 6 heteroatoms. The van der Waals surface area contributed by atoms with E-state index < -0.39 is 23.3 Å². The molecule has 0 saturated heterocycles. The molecule has 0 aromatic heterocycles. The van der Waals surface area contributed by atoms with E-state index in [2.05, 4.69) is 12.7 Å². The van der Waals surface area contributed by atoms with Gasteiger partial charge in [-0.15, -0.1) is 6.58 Å². The van der Waals surface area contributed by atoms with Crippen LogP contribution in [0.1, 0.15) is 68.6 Å². The maximum atomic E-state index is 15.2. The summed E-state index contributed by atoms with van der Waals surface area (Å²) in [5, 5.41) is 0. The summed E-state index contributed by atoms with van der Waals surface area (Å²) in [6.45, 7) is 5.94. The van der Waals surface area contributed by atoms with Gasteiger partial charge in [0, 0.05) is 16.7 Å². The molecular weight excluding hydrogens is 468 g/mol. The number of fused-ring (bicyclic) bond motifs is 3. The minimum absolute atomic E-state index is 0.0755. The highest BCUT2D eigenvalue weighted by molar-refractivity contribution is 5.82. The van der Waals surface area contributed by atoms with Crippen molar-refractivity contribution in [1.29, 1.82) is 0 Å². The van der Waals surface area contributed by atoms with Crippen LogP contribution in [-0.2, 0) is 11.2 Å². The van der Waals surface area contributed by atoms with Gasteiger partial charge in [0.1, 0.15) is 0 Å². The van der Waals surface area contributed by atoms with Crippen LogP contribution in [0, 0.1) is 35.1 Å². The van der Waals surface area contributed by atoms with Crippen LogP contribution < -0.4 is 4.74 Å². The van der Waals surface area contributed by atoms with Crippen molar-refractivity contribution < 1.29 is 27.0 Å². The van der Waals surface area contributed by atoms with Crippen molar-refractivity contribution in [1.82, 2.24) is 0 Å². The first-order valence-corrected chi connectivity index (χ1v) is 13.0. The first kappa shape index (κ1) is 25.1. The second kappa shape index (κ2) is 10.4. The zero-order chi connectivity index (χ0) is 25.4. The van der Waals surface area contributed by atoms with Crippen molar-refractivity contribution in [2.24, 2.45) is 11.8 Å². The van der Waals surface area contributed by atoms with Gasteiger partial charge in [-0.25, -0.2) is 13.2 Å². The summed E-state index contributed by atoms with van der Waals surface area (Å²) < 4.78 is 70.9. The Bertz CT molecular complexity index is 1190. The molecule has 2 aliphatic carbocycles. The fourth-order valence-corrected chi connectivity index (χ4v) is 5.98. The smallest absolute Gasteiger partial charge is 0.201 e. The topological polar surface area (TPSA) is 18.5 Å². The third-order valence-corrected chi connectivity index (χ3v) is 8.04. The van der Waals surface area contributed by atoms with Crippen molar-refractivity contribution in [2.75, 3.05) is 13.2 Å². The van der Waals surface area contributed by atoms with Gasteiger partial charge in [0.05, 0.1) is 19.3 Å². The van der Waals surface area contributed by atoms with Crippen molar-refractivity contribution in [2.45, 2.75) is 64.4 Å². The van der Waals surface area contributed by atoms with Crippen molar-refractivity contribution >= 4 is 5.57 Å². The lowest BCUT2D eigenvalue weighted by molar-refractivity contribution is 0.0592. The number of allylic oxidation sites excluding steroid dienone is 1. The lowest BCUT2D eigenvalue weighted by Gasteiger charge is -2.29. The largest absolute Gasteiger partial charge is 0.491 e. The van der Waals surface area contributed by atoms with Crippen LogP contribution in [0.25, 0.3) is 16.7 Å². The molecule has 3 aliphatic rings. The van der Waals surface area contributed by atoms with E-state index in [1.165, 1.54) is 31.7 Å². The van der Waals surface area contributed by atoms with Crippen LogP contribution in [0.5, 0.6) is 5.75 Å². The Labute approximate surface area is 210 Å². The maximum Gasteiger partial charge on any atom is 0.201 e. The van der Waals surface area contributed by atoms with E-state index >= 15 is 8.78 Å². The highest BCUT2D eigenvalue weighted by Crippen LogP contribution is 2.45. The quantitative estimate of drug-likeness (QED) is 0.241. The Morgan fingerprint density at radius 3 is 2.28 bits per heavy atom. The maximum absolute atomic E-state index is 15.2. The third-order valence-electron chi connectivity index (χ3n) is 8.04. The SMILES string of the molecule is C=CC1CCC(CCC2CC=C(c3cc4c(c(F)c3F)-c3c(cc(OCC)c(F)c3F)C4)CO2)CC1. The Kier molecular flexibility index (Phi) is 7.25. The van der Waals surface area contributed by atoms with Crippen LogP contribution >= 0.6 is 0 Å². The molecule has 2 aromatic carbocycles. The average molecular weight is 501 g/mol. The molecule has 1 heterocycles. The zero-order valence-corrected chi connectivity index (χ0v) is 20.6. The number of halogens is 4. The first-order valence-electron chi connectivity index (χ1n) is 13.0. The fraction of sp³-hybridized carbons (Fsp3) is 0.467. The Hall–Kier alpha value is -2.60. The van der Waals surface area contributed by atoms with E-state index in [9.17, 15) is 8.78 Å². The van der Waals surface area contributed by atoms with Crippen LogP contribution in [0.2, 0.25) is 0 Å². The molecule has 1 atom stereocenters. The Morgan fingerprint density at radius 2 is 1.64 bits per heavy atom. The molecule has 1 saturated carbocycles.